The zero-order chi connectivity index (χ0) is 24.5. The van der Waals surface area contributed by atoms with Gasteiger partial charge in [0.2, 0.25) is 15.9 Å². The average Bonchev–Trinajstić information content (AvgIpc) is 3.26. The van der Waals surface area contributed by atoms with Gasteiger partial charge in [-0.3, -0.25) is 9.69 Å². The van der Waals surface area contributed by atoms with Crippen molar-refractivity contribution in [1.82, 2.24) is 14.2 Å². The maximum atomic E-state index is 12.9. The predicted molar refractivity (Wildman–Crippen MR) is 134 cm³/mol. The molecular weight excluding hydrogens is 452 g/mol. The Morgan fingerprint density at radius 1 is 1.18 bits per heavy atom. The Bertz CT molecular complexity index is 1280. The minimum atomic E-state index is -3.56. The largest absolute Gasteiger partial charge is 0.497 e. The van der Waals surface area contributed by atoms with Crippen molar-refractivity contribution in [3.63, 3.8) is 0 Å². The third-order valence-electron chi connectivity index (χ3n) is 6.70. The maximum Gasteiger partial charge on any atom is 0.242 e. The van der Waals surface area contributed by atoms with Crippen molar-refractivity contribution in [1.29, 1.82) is 0 Å². The summed E-state index contributed by atoms with van der Waals surface area (Å²) in [6.07, 6.45) is 4.01. The number of aromatic nitrogens is 1. The lowest BCUT2D eigenvalue weighted by Gasteiger charge is -2.35. The third-order valence-corrected chi connectivity index (χ3v) is 8.51. The molecule has 4 rings (SSSR count). The molecule has 0 bridgehead atoms. The van der Waals surface area contributed by atoms with Crippen LogP contribution < -0.4 is 10.1 Å². The number of likely N-dealkylation sites (tertiary alicyclic amines) is 1. The van der Waals surface area contributed by atoms with E-state index in [1.807, 2.05) is 19.1 Å². The summed E-state index contributed by atoms with van der Waals surface area (Å²) < 4.78 is 31.3. The smallest absolute Gasteiger partial charge is 0.242 e. The molecule has 9 heteroatoms. The van der Waals surface area contributed by atoms with Gasteiger partial charge in [-0.25, -0.2) is 12.7 Å². The highest BCUT2D eigenvalue weighted by Gasteiger charge is 2.28. The summed E-state index contributed by atoms with van der Waals surface area (Å²) in [7, 11) is 1.08. The van der Waals surface area contributed by atoms with Crippen LogP contribution in [0, 0.1) is 0 Å². The predicted octanol–water partition coefficient (Wildman–Crippen LogP) is 3.63. The topological polar surface area (TPSA) is 94.7 Å². The van der Waals surface area contributed by atoms with E-state index in [1.165, 1.54) is 37.2 Å². The third kappa shape index (κ3) is 4.82. The maximum absolute atomic E-state index is 12.9. The first-order valence-corrected chi connectivity index (χ1v) is 12.9. The summed E-state index contributed by atoms with van der Waals surface area (Å²) in [6.45, 7) is 3.52. The van der Waals surface area contributed by atoms with E-state index in [0.29, 0.717) is 11.6 Å². The Hall–Kier alpha value is -2.88. The number of carbonyl (C=O) groups is 1. The number of anilines is 1. The quantitative estimate of drug-likeness (QED) is 0.534. The fourth-order valence-corrected chi connectivity index (χ4v) is 5.49. The van der Waals surface area contributed by atoms with Gasteiger partial charge in [0.1, 0.15) is 5.75 Å². The van der Waals surface area contributed by atoms with Gasteiger partial charge in [-0.15, -0.1) is 0 Å². The Morgan fingerprint density at radius 2 is 1.91 bits per heavy atom. The van der Waals surface area contributed by atoms with Crippen LogP contribution in [0.2, 0.25) is 0 Å². The second-order valence-electron chi connectivity index (χ2n) is 8.95. The number of aromatic amines is 1. The lowest BCUT2D eigenvalue weighted by Crippen LogP contribution is -2.45. The minimum Gasteiger partial charge on any atom is -0.497 e. The van der Waals surface area contributed by atoms with E-state index in [9.17, 15) is 13.2 Å². The van der Waals surface area contributed by atoms with Gasteiger partial charge in [-0.05, 0) is 80.7 Å². The van der Waals surface area contributed by atoms with Gasteiger partial charge in [-0.1, -0.05) is 6.07 Å². The lowest BCUT2D eigenvalue weighted by atomic mass is 9.88. The van der Waals surface area contributed by atoms with Crippen molar-refractivity contribution in [2.75, 3.05) is 39.6 Å². The van der Waals surface area contributed by atoms with Crippen LogP contribution in [0.15, 0.2) is 53.6 Å². The highest BCUT2D eigenvalue weighted by molar-refractivity contribution is 7.89. The molecule has 0 radical (unpaired) electrons. The van der Waals surface area contributed by atoms with Gasteiger partial charge < -0.3 is 15.0 Å². The molecule has 1 aliphatic heterocycles. The van der Waals surface area contributed by atoms with E-state index in [-0.39, 0.29) is 16.8 Å². The molecule has 1 amide bonds. The molecule has 0 spiro atoms. The van der Waals surface area contributed by atoms with Crippen LogP contribution in [0.5, 0.6) is 5.75 Å². The second kappa shape index (κ2) is 9.77. The van der Waals surface area contributed by atoms with Crippen LogP contribution in [0.3, 0.4) is 0 Å². The number of hydrogen-bond acceptors (Lipinski definition) is 5. The first kappa shape index (κ1) is 24.3. The normalized spacial score (nSPS) is 16.6. The van der Waals surface area contributed by atoms with E-state index < -0.39 is 10.0 Å². The molecule has 1 atom stereocenters. The monoisotopic (exact) mass is 484 g/mol. The van der Waals surface area contributed by atoms with Gasteiger partial charge in [0.15, 0.2) is 0 Å². The van der Waals surface area contributed by atoms with E-state index in [2.05, 4.69) is 27.5 Å². The van der Waals surface area contributed by atoms with Crippen LogP contribution in [0.25, 0.3) is 10.9 Å². The number of amides is 1. The van der Waals surface area contributed by atoms with Gasteiger partial charge in [0.05, 0.1) is 18.0 Å². The molecule has 1 saturated heterocycles. The van der Waals surface area contributed by atoms with E-state index in [0.717, 1.165) is 41.5 Å². The second-order valence-corrected chi connectivity index (χ2v) is 11.1. The molecule has 3 aromatic rings. The van der Waals surface area contributed by atoms with Crippen LogP contribution in [-0.2, 0) is 14.8 Å². The standard InChI is InChI=1S/C25H32N4O4S/c1-17(25(30)27-19-6-5-7-21(14-19)34(31,32)28(2)3)29-12-10-18(11-13-29)23-16-26-24-9-8-20(33-4)15-22(23)24/h5-9,14-18,26H,10-13H2,1-4H3,(H,27,30). The zero-order valence-electron chi connectivity index (χ0n) is 20.0. The molecule has 182 valence electrons. The number of benzene rings is 2. The Balaban J connectivity index is 1.39. The molecule has 0 aliphatic carbocycles. The van der Waals surface area contributed by atoms with E-state index >= 15 is 0 Å². The first-order valence-electron chi connectivity index (χ1n) is 11.4. The van der Waals surface area contributed by atoms with Crippen LogP contribution in [-0.4, -0.2) is 68.9 Å². The number of nitrogens with one attached hydrogen (secondary N) is 2. The summed E-state index contributed by atoms with van der Waals surface area (Å²) >= 11 is 0. The van der Waals surface area contributed by atoms with Gasteiger partial charge in [0.25, 0.3) is 0 Å². The molecule has 2 N–H and O–H groups in total. The average molecular weight is 485 g/mol. The molecule has 8 nitrogen and oxygen atoms in total. The Kier molecular flexibility index (Phi) is 6.97. The number of carbonyl (C=O) groups excluding carboxylic acids is 1. The number of H-pyrrole nitrogens is 1. The Labute approximate surface area is 200 Å². The SMILES string of the molecule is COc1ccc2[nH]cc(C3CCN(C(C)C(=O)Nc4cccc(S(=O)(=O)N(C)C)c4)CC3)c2c1. The highest BCUT2D eigenvalue weighted by atomic mass is 32.2. The molecule has 2 aromatic carbocycles. The van der Waals surface area contributed by atoms with Crippen molar-refractivity contribution in [3.8, 4) is 5.75 Å². The fourth-order valence-electron chi connectivity index (χ4n) is 4.54. The van der Waals surface area contributed by atoms with Gasteiger partial charge in [-0.2, -0.15) is 0 Å². The number of hydrogen-bond donors (Lipinski definition) is 2. The van der Waals surface area contributed by atoms with E-state index in [1.54, 1.807) is 19.2 Å². The van der Waals surface area contributed by atoms with Crippen LogP contribution in [0.4, 0.5) is 5.69 Å². The molecule has 1 unspecified atom stereocenters. The van der Waals surface area contributed by atoms with Crippen molar-refractivity contribution >= 4 is 32.5 Å². The molecule has 2 heterocycles. The van der Waals surface area contributed by atoms with Gasteiger partial charge >= 0.3 is 0 Å². The first-order chi connectivity index (χ1) is 16.2. The van der Waals surface area contributed by atoms with E-state index in [4.69, 9.17) is 4.74 Å². The minimum absolute atomic E-state index is 0.144. The fraction of sp³-hybridized carbons (Fsp3) is 0.400. The lowest BCUT2D eigenvalue weighted by molar-refractivity contribution is -0.121. The molecule has 1 aromatic heterocycles. The number of piperidine rings is 1. The number of fused-ring (bicyclic) bond motifs is 1. The number of ether oxygens (including phenoxy) is 1. The number of nitrogens with zero attached hydrogens (tertiary/aromatic N) is 2. The molecule has 0 saturated carbocycles. The number of methoxy groups -OCH3 is 1. The summed E-state index contributed by atoms with van der Waals surface area (Å²) in [6, 6.07) is 12.1. The van der Waals surface area contributed by atoms with Gasteiger partial charge in [0, 0.05) is 36.9 Å². The Morgan fingerprint density at radius 3 is 2.59 bits per heavy atom. The molecule has 34 heavy (non-hydrogen) atoms. The molecule has 1 aliphatic rings. The van der Waals surface area contributed by atoms with Crippen molar-refractivity contribution in [2.45, 2.75) is 36.6 Å². The summed E-state index contributed by atoms with van der Waals surface area (Å²) in [5.74, 6) is 1.12. The van der Waals surface area contributed by atoms with Crippen LogP contribution in [0.1, 0.15) is 31.2 Å². The molecule has 1 fully saturated rings. The van der Waals surface area contributed by atoms with Crippen LogP contribution >= 0.6 is 0 Å². The summed E-state index contributed by atoms with van der Waals surface area (Å²) in [5.41, 5.74) is 2.87. The summed E-state index contributed by atoms with van der Waals surface area (Å²) in [4.78, 5) is 18.6. The molecular formula is C25H32N4O4S. The van der Waals surface area contributed by atoms with Crippen molar-refractivity contribution in [2.24, 2.45) is 0 Å². The highest BCUT2D eigenvalue weighted by Crippen LogP contribution is 2.35. The van der Waals surface area contributed by atoms with Crippen molar-refractivity contribution < 1.29 is 17.9 Å². The summed E-state index contributed by atoms with van der Waals surface area (Å²) in [5, 5.41) is 4.07. The van der Waals surface area contributed by atoms with Crippen molar-refractivity contribution in [3.05, 3.63) is 54.2 Å². The number of rotatable bonds is 7. The number of sulfonamides is 1. The zero-order valence-corrected chi connectivity index (χ0v) is 20.9.